The third-order valence-corrected chi connectivity index (χ3v) is 4.35. The lowest BCUT2D eigenvalue weighted by atomic mass is 9.64. The van der Waals surface area contributed by atoms with Crippen molar-refractivity contribution in [3.8, 4) is 5.75 Å². The quantitative estimate of drug-likeness (QED) is 0.803. The van der Waals surface area contributed by atoms with Gasteiger partial charge in [-0.25, -0.2) is 0 Å². The zero-order chi connectivity index (χ0) is 13.8. The van der Waals surface area contributed by atoms with E-state index in [-0.39, 0.29) is 5.41 Å². The molecule has 19 heavy (non-hydrogen) atoms. The summed E-state index contributed by atoms with van der Waals surface area (Å²) in [7, 11) is 1.74. The Kier molecular flexibility index (Phi) is 2.51. The molecule has 2 aromatic rings. The maximum absolute atomic E-state index is 5.49. The molecule has 0 aliphatic heterocycles. The minimum atomic E-state index is 0.210. The van der Waals surface area contributed by atoms with Crippen molar-refractivity contribution in [2.24, 2.45) is 5.41 Å². The molecule has 0 spiro atoms. The predicted molar refractivity (Wildman–Crippen MR) is 80.0 cm³/mol. The zero-order valence-electron chi connectivity index (χ0n) is 12.6. The lowest BCUT2D eigenvalue weighted by Gasteiger charge is -2.40. The lowest BCUT2D eigenvalue weighted by Crippen LogP contribution is -2.34. The van der Waals surface area contributed by atoms with Crippen LogP contribution in [0.1, 0.15) is 45.4 Å². The number of hydrogen-bond acceptors (Lipinski definition) is 1. The molecule has 0 fully saturated rings. The Hall–Kier alpha value is -1.44. The number of para-hydroxylation sites is 1. The molecule has 3 rings (SSSR count). The highest BCUT2D eigenvalue weighted by atomic mass is 16.5. The predicted octanol–water partition coefficient (Wildman–Crippen LogP) is 4.43. The van der Waals surface area contributed by atoms with Crippen LogP contribution < -0.4 is 4.74 Å². The van der Waals surface area contributed by atoms with Gasteiger partial charge in [-0.15, -0.1) is 0 Å². The highest BCUT2D eigenvalue weighted by molar-refractivity contribution is 5.90. The molecule has 0 saturated heterocycles. The molecular formula is C17H23NO. The second-order valence-corrected chi connectivity index (χ2v) is 7.26. The maximum Gasteiger partial charge on any atom is 0.142 e. The average molecular weight is 257 g/mol. The molecule has 1 aromatic carbocycles. The van der Waals surface area contributed by atoms with E-state index in [1.54, 1.807) is 7.11 Å². The van der Waals surface area contributed by atoms with E-state index < -0.39 is 0 Å². The fourth-order valence-corrected chi connectivity index (χ4v) is 4.15. The third-order valence-electron chi connectivity index (χ3n) is 4.35. The molecule has 102 valence electrons. The number of aromatic nitrogens is 1. The zero-order valence-corrected chi connectivity index (χ0v) is 12.6. The van der Waals surface area contributed by atoms with E-state index in [4.69, 9.17) is 4.74 Å². The Labute approximate surface area is 115 Å². The number of rotatable bonds is 1. The van der Waals surface area contributed by atoms with E-state index in [1.165, 1.54) is 23.1 Å². The van der Waals surface area contributed by atoms with Gasteiger partial charge in [0.15, 0.2) is 0 Å². The molecule has 0 bridgehead atoms. The van der Waals surface area contributed by atoms with Crippen LogP contribution in [0.25, 0.3) is 10.9 Å². The largest absolute Gasteiger partial charge is 0.495 e. The number of nitrogens with one attached hydrogen (secondary N) is 1. The molecule has 1 aliphatic carbocycles. The summed E-state index contributed by atoms with van der Waals surface area (Å²) in [5, 5.41) is 1.33. The molecule has 1 aliphatic rings. The highest BCUT2D eigenvalue weighted by Crippen LogP contribution is 2.49. The summed E-state index contributed by atoms with van der Waals surface area (Å²) in [6.45, 7) is 9.44. The van der Waals surface area contributed by atoms with Gasteiger partial charge in [-0.05, 0) is 35.3 Å². The minimum absolute atomic E-state index is 0.210. The molecule has 2 nitrogen and oxygen atoms in total. The van der Waals surface area contributed by atoms with Crippen molar-refractivity contribution in [3.63, 3.8) is 0 Å². The van der Waals surface area contributed by atoms with Crippen molar-refractivity contribution in [2.45, 2.75) is 46.0 Å². The maximum atomic E-state index is 5.49. The SMILES string of the molecule is COc1cccc2c3c([nH]c12)CC(C)(C)CC3(C)C. The summed E-state index contributed by atoms with van der Waals surface area (Å²) in [6.07, 6.45) is 2.33. The highest BCUT2D eigenvalue weighted by Gasteiger charge is 2.39. The normalized spacial score (nSPS) is 20.3. The van der Waals surface area contributed by atoms with Crippen LogP contribution in [0.5, 0.6) is 5.75 Å². The second kappa shape index (κ2) is 3.78. The molecule has 2 heteroatoms. The van der Waals surface area contributed by atoms with Crippen LogP contribution in [0.4, 0.5) is 0 Å². The summed E-state index contributed by atoms with van der Waals surface area (Å²) in [5.41, 5.74) is 4.59. The number of hydrogen-bond donors (Lipinski definition) is 1. The van der Waals surface area contributed by atoms with Gasteiger partial charge in [-0.3, -0.25) is 0 Å². The van der Waals surface area contributed by atoms with Crippen molar-refractivity contribution < 1.29 is 4.74 Å². The number of benzene rings is 1. The average Bonchev–Trinajstić information content (AvgIpc) is 2.63. The van der Waals surface area contributed by atoms with Crippen molar-refractivity contribution in [1.82, 2.24) is 4.98 Å². The van der Waals surface area contributed by atoms with E-state index in [9.17, 15) is 0 Å². The van der Waals surface area contributed by atoms with E-state index in [2.05, 4.69) is 44.8 Å². The molecule has 0 saturated carbocycles. The first-order valence-corrected chi connectivity index (χ1v) is 7.02. The van der Waals surface area contributed by atoms with Gasteiger partial charge in [0, 0.05) is 11.1 Å². The van der Waals surface area contributed by atoms with Crippen LogP contribution in [0.15, 0.2) is 18.2 Å². The van der Waals surface area contributed by atoms with Gasteiger partial charge in [0.1, 0.15) is 5.75 Å². The standard InChI is InChI=1S/C17H23NO/c1-16(2)9-12-14(17(3,4)10-16)11-7-6-8-13(19-5)15(11)18-12/h6-8,18H,9-10H2,1-5H3. The van der Waals surface area contributed by atoms with Gasteiger partial charge in [-0.1, -0.05) is 39.8 Å². The van der Waals surface area contributed by atoms with Crippen LogP contribution in [-0.2, 0) is 11.8 Å². The minimum Gasteiger partial charge on any atom is -0.495 e. The van der Waals surface area contributed by atoms with E-state index in [0.717, 1.165) is 17.7 Å². The summed E-state index contributed by atoms with van der Waals surface area (Å²) in [6, 6.07) is 6.33. The van der Waals surface area contributed by atoms with Crippen LogP contribution in [0, 0.1) is 5.41 Å². The molecule has 1 N–H and O–H groups in total. The Morgan fingerprint density at radius 3 is 2.58 bits per heavy atom. The second-order valence-electron chi connectivity index (χ2n) is 7.26. The lowest BCUT2D eigenvalue weighted by molar-refractivity contribution is 0.231. The molecule has 0 atom stereocenters. The van der Waals surface area contributed by atoms with Crippen molar-refractivity contribution in [2.75, 3.05) is 7.11 Å². The monoisotopic (exact) mass is 257 g/mol. The molecule has 0 amide bonds. The molecule has 1 heterocycles. The number of fused-ring (bicyclic) bond motifs is 3. The Bertz CT molecular complexity index is 634. The summed E-state index contributed by atoms with van der Waals surface area (Å²) in [5.74, 6) is 0.945. The van der Waals surface area contributed by atoms with Crippen molar-refractivity contribution in [3.05, 3.63) is 29.5 Å². The summed E-state index contributed by atoms with van der Waals surface area (Å²) >= 11 is 0. The first-order valence-electron chi connectivity index (χ1n) is 7.02. The van der Waals surface area contributed by atoms with Crippen LogP contribution >= 0.6 is 0 Å². The first-order chi connectivity index (χ1) is 8.84. The van der Waals surface area contributed by atoms with Crippen molar-refractivity contribution in [1.29, 1.82) is 0 Å². The van der Waals surface area contributed by atoms with Gasteiger partial charge in [0.2, 0.25) is 0 Å². The third kappa shape index (κ3) is 1.85. The van der Waals surface area contributed by atoms with Gasteiger partial charge in [-0.2, -0.15) is 0 Å². The van der Waals surface area contributed by atoms with E-state index >= 15 is 0 Å². The number of ether oxygens (including phenoxy) is 1. The fraction of sp³-hybridized carbons (Fsp3) is 0.529. The van der Waals surface area contributed by atoms with Crippen LogP contribution in [-0.4, -0.2) is 12.1 Å². The van der Waals surface area contributed by atoms with Gasteiger partial charge in [0.05, 0.1) is 12.6 Å². The number of H-pyrrole nitrogens is 1. The Morgan fingerprint density at radius 2 is 1.89 bits per heavy atom. The molecule has 0 unspecified atom stereocenters. The Balaban J connectivity index is 2.32. The van der Waals surface area contributed by atoms with Crippen molar-refractivity contribution >= 4 is 10.9 Å². The topological polar surface area (TPSA) is 25.0 Å². The summed E-state index contributed by atoms with van der Waals surface area (Å²) < 4.78 is 5.49. The molecule has 0 radical (unpaired) electrons. The fourth-order valence-electron chi connectivity index (χ4n) is 4.15. The smallest absolute Gasteiger partial charge is 0.142 e. The number of aromatic amines is 1. The van der Waals surface area contributed by atoms with Crippen LogP contribution in [0.3, 0.4) is 0 Å². The van der Waals surface area contributed by atoms with E-state index in [0.29, 0.717) is 5.41 Å². The first kappa shape index (κ1) is 12.6. The van der Waals surface area contributed by atoms with Crippen LogP contribution in [0.2, 0.25) is 0 Å². The molecular weight excluding hydrogens is 234 g/mol. The van der Waals surface area contributed by atoms with Gasteiger partial charge < -0.3 is 9.72 Å². The molecule has 1 aromatic heterocycles. The van der Waals surface area contributed by atoms with E-state index in [1.807, 2.05) is 6.07 Å². The Morgan fingerprint density at radius 1 is 1.16 bits per heavy atom. The number of methoxy groups -OCH3 is 1. The van der Waals surface area contributed by atoms with Gasteiger partial charge in [0.25, 0.3) is 0 Å². The van der Waals surface area contributed by atoms with Gasteiger partial charge >= 0.3 is 0 Å². The summed E-state index contributed by atoms with van der Waals surface area (Å²) in [4.78, 5) is 3.62.